The van der Waals surface area contributed by atoms with Gasteiger partial charge in [-0.2, -0.15) is 4.99 Å². The highest BCUT2D eigenvalue weighted by Gasteiger charge is 2.43. The topological polar surface area (TPSA) is 103 Å². The molecule has 2 aliphatic heterocycles. The van der Waals surface area contributed by atoms with Crippen LogP contribution in [0.1, 0.15) is 77.2 Å². The van der Waals surface area contributed by atoms with Crippen molar-refractivity contribution in [1.82, 2.24) is 15.5 Å². The number of amides is 3. The van der Waals surface area contributed by atoms with Crippen LogP contribution in [0.15, 0.2) is 34.3 Å². The summed E-state index contributed by atoms with van der Waals surface area (Å²) in [6.07, 6.45) is 8.07. The van der Waals surface area contributed by atoms with E-state index in [2.05, 4.69) is 22.5 Å². The molecule has 1 aliphatic carbocycles. The third kappa shape index (κ3) is 5.94. The predicted molar refractivity (Wildman–Crippen MR) is 140 cm³/mol. The molecule has 4 rings (SSSR count). The van der Waals surface area contributed by atoms with E-state index >= 15 is 0 Å². The van der Waals surface area contributed by atoms with E-state index in [1.807, 2.05) is 31.2 Å². The second-order valence-corrected chi connectivity index (χ2v) is 10.5. The fourth-order valence-corrected chi connectivity index (χ4v) is 5.80. The SMILES string of the molecule is CCCCNC(=O)CC1C(=O)N=C2c3ccccc3N=C(SC(CC)C(=O)NC3CCCCC3)N21. The summed E-state index contributed by atoms with van der Waals surface area (Å²) in [6.45, 7) is 4.63. The van der Waals surface area contributed by atoms with E-state index in [1.54, 1.807) is 4.90 Å². The van der Waals surface area contributed by atoms with E-state index in [4.69, 9.17) is 4.99 Å². The maximum atomic E-state index is 13.2. The Hall–Kier alpha value is -2.68. The Morgan fingerprint density at radius 3 is 2.66 bits per heavy atom. The van der Waals surface area contributed by atoms with Gasteiger partial charge in [0.1, 0.15) is 11.9 Å². The molecular formula is C26H35N5O3S. The molecule has 3 aliphatic rings. The van der Waals surface area contributed by atoms with Gasteiger partial charge in [0, 0.05) is 18.2 Å². The number of rotatable bonds is 9. The van der Waals surface area contributed by atoms with Gasteiger partial charge in [-0.05, 0) is 37.8 Å². The Morgan fingerprint density at radius 2 is 1.91 bits per heavy atom. The van der Waals surface area contributed by atoms with Gasteiger partial charge >= 0.3 is 0 Å². The number of para-hydroxylation sites is 1. The van der Waals surface area contributed by atoms with Crippen LogP contribution in [-0.2, 0) is 14.4 Å². The van der Waals surface area contributed by atoms with Crippen LogP contribution in [0.25, 0.3) is 0 Å². The number of benzene rings is 1. The molecule has 2 atom stereocenters. The van der Waals surface area contributed by atoms with Crippen LogP contribution in [0.4, 0.5) is 5.69 Å². The number of hydrogen-bond donors (Lipinski definition) is 2. The highest BCUT2D eigenvalue weighted by molar-refractivity contribution is 8.15. The fourth-order valence-electron chi connectivity index (χ4n) is 4.73. The van der Waals surface area contributed by atoms with Gasteiger partial charge in [0.15, 0.2) is 5.17 Å². The molecule has 1 aromatic carbocycles. The maximum absolute atomic E-state index is 13.2. The summed E-state index contributed by atoms with van der Waals surface area (Å²) in [7, 11) is 0. The third-order valence-electron chi connectivity index (χ3n) is 6.70. The highest BCUT2D eigenvalue weighted by atomic mass is 32.2. The Morgan fingerprint density at radius 1 is 1.14 bits per heavy atom. The minimum absolute atomic E-state index is 0.00234. The molecule has 3 amide bonds. The standard InChI is InChI=1S/C26H35N5O3S/c1-3-5-15-27-22(32)16-20-24(33)30-23-18-13-9-10-14-19(18)29-26(31(20)23)35-21(4-2)25(34)28-17-11-7-6-8-12-17/h9-10,13-14,17,20-21H,3-8,11-12,15-16H2,1-2H3,(H,27,32)(H,28,34). The van der Waals surface area contributed by atoms with Crippen molar-refractivity contribution in [3.8, 4) is 0 Å². The second-order valence-electron chi connectivity index (χ2n) is 9.34. The molecule has 188 valence electrons. The molecular weight excluding hydrogens is 462 g/mol. The van der Waals surface area contributed by atoms with Crippen molar-refractivity contribution in [2.24, 2.45) is 9.98 Å². The zero-order chi connectivity index (χ0) is 24.8. The molecule has 2 unspecified atom stereocenters. The minimum atomic E-state index is -0.759. The Bertz CT molecular complexity index is 1020. The maximum Gasteiger partial charge on any atom is 0.271 e. The van der Waals surface area contributed by atoms with Crippen molar-refractivity contribution in [2.45, 2.75) is 89.0 Å². The van der Waals surface area contributed by atoms with E-state index in [9.17, 15) is 14.4 Å². The first-order chi connectivity index (χ1) is 17.0. The monoisotopic (exact) mass is 497 g/mol. The van der Waals surface area contributed by atoms with Crippen LogP contribution in [0, 0.1) is 0 Å². The van der Waals surface area contributed by atoms with Gasteiger partial charge in [0.2, 0.25) is 11.8 Å². The first-order valence-electron chi connectivity index (χ1n) is 12.8. The van der Waals surface area contributed by atoms with E-state index in [-0.39, 0.29) is 35.4 Å². The van der Waals surface area contributed by atoms with E-state index in [0.717, 1.165) is 44.1 Å². The van der Waals surface area contributed by atoms with Crippen molar-refractivity contribution in [1.29, 1.82) is 0 Å². The van der Waals surface area contributed by atoms with Crippen LogP contribution in [0.5, 0.6) is 0 Å². The largest absolute Gasteiger partial charge is 0.356 e. The minimum Gasteiger partial charge on any atom is -0.356 e. The van der Waals surface area contributed by atoms with Gasteiger partial charge in [-0.15, -0.1) is 0 Å². The zero-order valence-electron chi connectivity index (χ0n) is 20.6. The normalized spacial score (nSPS) is 20.5. The summed E-state index contributed by atoms with van der Waals surface area (Å²) in [5.74, 6) is -0.0188. The second kappa shape index (κ2) is 11.8. The average molecular weight is 498 g/mol. The van der Waals surface area contributed by atoms with E-state index < -0.39 is 6.04 Å². The summed E-state index contributed by atoms with van der Waals surface area (Å²) in [5.41, 5.74) is 1.48. The first-order valence-corrected chi connectivity index (χ1v) is 13.7. The molecule has 0 radical (unpaired) electrons. The number of nitrogens with zero attached hydrogens (tertiary/aromatic N) is 3. The molecule has 0 saturated heterocycles. The Kier molecular flexibility index (Phi) is 8.59. The van der Waals surface area contributed by atoms with E-state index in [0.29, 0.717) is 29.7 Å². The summed E-state index contributed by atoms with van der Waals surface area (Å²) in [5, 5.41) is 6.32. The van der Waals surface area contributed by atoms with Crippen LogP contribution >= 0.6 is 11.8 Å². The molecule has 9 heteroatoms. The predicted octanol–water partition coefficient (Wildman–Crippen LogP) is 3.91. The van der Waals surface area contributed by atoms with Gasteiger partial charge < -0.3 is 10.6 Å². The summed E-state index contributed by atoms with van der Waals surface area (Å²) in [6, 6.07) is 7.01. The Balaban J connectivity index is 1.55. The molecule has 2 N–H and O–H groups in total. The van der Waals surface area contributed by atoms with Gasteiger partial charge in [-0.25, -0.2) is 4.99 Å². The lowest BCUT2D eigenvalue weighted by molar-refractivity contribution is -0.126. The lowest BCUT2D eigenvalue weighted by Crippen LogP contribution is -2.47. The lowest BCUT2D eigenvalue weighted by atomic mass is 9.95. The number of unbranched alkanes of at least 4 members (excludes halogenated alkanes) is 1. The van der Waals surface area contributed by atoms with Crippen LogP contribution < -0.4 is 10.6 Å². The third-order valence-corrected chi connectivity index (χ3v) is 8.03. The number of thioether (sulfide) groups is 1. The summed E-state index contributed by atoms with van der Waals surface area (Å²) < 4.78 is 0. The molecule has 0 bridgehead atoms. The smallest absolute Gasteiger partial charge is 0.271 e. The highest BCUT2D eigenvalue weighted by Crippen LogP contribution is 2.36. The Labute approximate surface area is 211 Å². The molecule has 0 aromatic heterocycles. The van der Waals surface area contributed by atoms with Crippen molar-refractivity contribution in [3.05, 3.63) is 29.8 Å². The molecule has 0 spiro atoms. The van der Waals surface area contributed by atoms with E-state index in [1.165, 1.54) is 18.2 Å². The lowest BCUT2D eigenvalue weighted by Gasteiger charge is -2.32. The van der Waals surface area contributed by atoms with Crippen molar-refractivity contribution >= 4 is 46.2 Å². The first kappa shape index (κ1) is 25.4. The summed E-state index contributed by atoms with van der Waals surface area (Å²) >= 11 is 1.36. The van der Waals surface area contributed by atoms with Crippen molar-refractivity contribution in [2.75, 3.05) is 6.54 Å². The van der Waals surface area contributed by atoms with Crippen LogP contribution in [0.3, 0.4) is 0 Å². The molecule has 8 nitrogen and oxygen atoms in total. The van der Waals surface area contributed by atoms with Crippen LogP contribution in [0.2, 0.25) is 0 Å². The number of aliphatic imine (C=N–C) groups is 2. The van der Waals surface area contributed by atoms with Gasteiger partial charge in [-0.3, -0.25) is 19.3 Å². The number of fused-ring (bicyclic) bond motifs is 3. The van der Waals surface area contributed by atoms with Gasteiger partial charge in [-0.1, -0.05) is 63.4 Å². The molecule has 1 aromatic rings. The number of carbonyl (C=O) groups is 3. The molecule has 1 saturated carbocycles. The number of hydrogen-bond acceptors (Lipinski definition) is 6. The van der Waals surface area contributed by atoms with Crippen molar-refractivity contribution in [3.63, 3.8) is 0 Å². The molecule has 1 fully saturated rings. The van der Waals surface area contributed by atoms with Crippen molar-refractivity contribution < 1.29 is 14.4 Å². The fraction of sp³-hybridized carbons (Fsp3) is 0.577. The number of carbonyl (C=O) groups excluding carboxylic acids is 3. The summed E-state index contributed by atoms with van der Waals surface area (Å²) in [4.78, 5) is 49.7. The van der Waals surface area contributed by atoms with Gasteiger partial charge in [0.25, 0.3) is 5.91 Å². The number of amidine groups is 2. The van der Waals surface area contributed by atoms with Gasteiger partial charge in [0.05, 0.1) is 17.4 Å². The van der Waals surface area contributed by atoms with Crippen LogP contribution in [-0.4, -0.2) is 57.5 Å². The quantitative estimate of drug-likeness (QED) is 0.504. The average Bonchev–Trinajstić information content (AvgIpc) is 3.19. The molecule has 35 heavy (non-hydrogen) atoms. The zero-order valence-corrected chi connectivity index (χ0v) is 21.4. The number of nitrogens with one attached hydrogen (secondary N) is 2. The molecule has 2 heterocycles.